The summed E-state index contributed by atoms with van der Waals surface area (Å²) >= 11 is 0. The van der Waals surface area contributed by atoms with Crippen molar-refractivity contribution < 1.29 is 9.90 Å². The largest absolute Gasteiger partial charge is 0.478 e. The molecule has 0 amide bonds. The van der Waals surface area contributed by atoms with Gasteiger partial charge in [0.05, 0.1) is 0 Å². The number of allylic oxidation sites excluding steroid dienone is 1. The van der Waals surface area contributed by atoms with E-state index in [1.165, 1.54) is 57.8 Å². The van der Waals surface area contributed by atoms with Crippen molar-refractivity contribution in [3.63, 3.8) is 0 Å². The van der Waals surface area contributed by atoms with Gasteiger partial charge in [0.2, 0.25) is 0 Å². The van der Waals surface area contributed by atoms with E-state index in [9.17, 15) is 4.79 Å². The molecule has 0 aromatic heterocycles. The van der Waals surface area contributed by atoms with Gasteiger partial charge in [0.1, 0.15) is 0 Å². The summed E-state index contributed by atoms with van der Waals surface area (Å²) in [6, 6.07) is 0. The van der Waals surface area contributed by atoms with Crippen LogP contribution in [0.2, 0.25) is 0 Å². The zero-order chi connectivity index (χ0) is 13.0. The van der Waals surface area contributed by atoms with Crippen molar-refractivity contribution in [3.8, 4) is 0 Å². The van der Waals surface area contributed by atoms with Gasteiger partial charge in [0.15, 0.2) is 0 Å². The van der Waals surface area contributed by atoms with E-state index in [0.717, 1.165) is 11.8 Å². The maximum absolute atomic E-state index is 10.8. The van der Waals surface area contributed by atoms with Crippen LogP contribution in [0.25, 0.3) is 0 Å². The first-order valence-corrected chi connectivity index (χ1v) is 7.58. The van der Waals surface area contributed by atoms with Gasteiger partial charge in [0.25, 0.3) is 0 Å². The fourth-order valence-electron chi connectivity index (χ4n) is 3.81. The minimum atomic E-state index is -0.760. The highest BCUT2D eigenvalue weighted by Gasteiger charge is 2.27. The zero-order valence-electron chi connectivity index (χ0n) is 11.5. The summed E-state index contributed by atoms with van der Waals surface area (Å²) in [5.41, 5.74) is 0.524. The second kappa shape index (κ2) is 6.40. The Hall–Kier alpha value is -0.790. The van der Waals surface area contributed by atoms with Gasteiger partial charge >= 0.3 is 5.97 Å². The Morgan fingerprint density at radius 1 is 0.944 bits per heavy atom. The van der Waals surface area contributed by atoms with Crippen LogP contribution in [-0.4, -0.2) is 11.1 Å². The van der Waals surface area contributed by atoms with Crippen LogP contribution in [0.4, 0.5) is 0 Å². The number of aliphatic carboxylic acids is 1. The molecule has 0 saturated heterocycles. The highest BCUT2D eigenvalue weighted by molar-refractivity contribution is 5.85. The van der Waals surface area contributed by atoms with Crippen LogP contribution >= 0.6 is 0 Å². The lowest BCUT2D eigenvalue weighted by Gasteiger charge is -2.35. The van der Waals surface area contributed by atoms with Crippen LogP contribution in [0.3, 0.4) is 0 Å². The first kappa shape index (κ1) is 13.6. The van der Waals surface area contributed by atoms with Gasteiger partial charge in [-0.2, -0.15) is 0 Å². The van der Waals surface area contributed by atoms with Crippen LogP contribution in [0.15, 0.2) is 11.6 Å². The maximum Gasteiger partial charge on any atom is 0.330 e. The normalized spacial score (nSPS) is 31.3. The average molecular weight is 250 g/mol. The van der Waals surface area contributed by atoms with Gasteiger partial charge in [-0.25, -0.2) is 4.79 Å². The molecule has 0 radical (unpaired) electrons. The molecule has 0 aromatic rings. The first-order valence-electron chi connectivity index (χ1n) is 7.58. The second-order valence-corrected chi connectivity index (χ2v) is 6.23. The molecule has 2 nitrogen and oxygen atoms in total. The van der Waals surface area contributed by atoms with Crippen LogP contribution in [0.5, 0.6) is 0 Å². The maximum atomic E-state index is 10.8. The summed E-state index contributed by atoms with van der Waals surface area (Å²) in [7, 11) is 0. The molecule has 102 valence electrons. The molecule has 0 spiro atoms. The molecule has 0 unspecified atom stereocenters. The van der Waals surface area contributed by atoms with E-state index in [1.807, 2.05) is 6.08 Å². The summed E-state index contributed by atoms with van der Waals surface area (Å²) in [5, 5.41) is 8.90. The lowest BCUT2D eigenvalue weighted by Crippen LogP contribution is -2.23. The second-order valence-electron chi connectivity index (χ2n) is 6.23. The number of carboxylic acid groups (broad SMARTS) is 1. The molecule has 2 rings (SSSR count). The van der Waals surface area contributed by atoms with Crippen LogP contribution in [0, 0.1) is 17.8 Å². The van der Waals surface area contributed by atoms with E-state index >= 15 is 0 Å². The van der Waals surface area contributed by atoms with E-state index in [4.69, 9.17) is 5.11 Å². The van der Waals surface area contributed by atoms with E-state index in [1.54, 1.807) is 6.92 Å². The van der Waals surface area contributed by atoms with Crippen molar-refractivity contribution in [2.45, 2.75) is 64.7 Å². The summed E-state index contributed by atoms with van der Waals surface area (Å²) < 4.78 is 0. The minimum Gasteiger partial charge on any atom is -0.478 e. The van der Waals surface area contributed by atoms with Crippen molar-refractivity contribution in [2.75, 3.05) is 0 Å². The van der Waals surface area contributed by atoms with Gasteiger partial charge in [-0.1, -0.05) is 38.2 Å². The standard InChI is InChI=1S/C16H26O2/c1-12(16(17)18)11-13-7-9-15(10-8-13)14-5-3-2-4-6-14/h11,13-15H,2-10H2,1H3,(H,17,18). The highest BCUT2D eigenvalue weighted by Crippen LogP contribution is 2.40. The average Bonchev–Trinajstić information content (AvgIpc) is 2.40. The minimum absolute atomic E-state index is 0.515. The summed E-state index contributed by atoms with van der Waals surface area (Å²) in [5.74, 6) is 1.66. The van der Waals surface area contributed by atoms with Gasteiger partial charge in [0, 0.05) is 5.57 Å². The third-order valence-corrected chi connectivity index (χ3v) is 4.96. The molecule has 2 saturated carbocycles. The number of carboxylic acids is 1. The lowest BCUT2D eigenvalue weighted by atomic mass is 9.71. The van der Waals surface area contributed by atoms with E-state index < -0.39 is 5.97 Å². The van der Waals surface area contributed by atoms with E-state index in [2.05, 4.69) is 0 Å². The van der Waals surface area contributed by atoms with E-state index in [-0.39, 0.29) is 0 Å². The van der Waals surface area contributed by atoms with Crippen LogP contribution in [0.1, 0.15) is 64.7 Å². The number of carbonyl (C=O) groups is 1. The molecule has 0 aromatic carbocycles. The smallest absolute Gasteiger partial charge is 0.330 e. The Labute approximate surface area is 110 Å². The summed E-state index contributed by atoms with van der Waals surface area (Å²) in [4.78, 5) is 10.8. The number of rotatable bonds is 3. The molecular weight excluding hydrogens is 224 g/mol. The van der Waals surface area contributed by atoms with Crippen molar-refractivity contribution in [1.82, 2.24) is 0 Å². The Bertz CT molecular complexity index is 305. The molecule has 2 aliphatic rings. The molecule has 0 atom stereocenters. The lowest BCUT2D eigenvalue weighted by molar-refractivity contribution is -0.132. The Kier molecular flexibility index (Phi) is 4.85. The predicted octanol–water partition coefficient (Wildman–Crippen LogP) is 4.40. The van der Waals surface area contributed by atoms with Gasteiger partial charge in [-0.15, -0.1) is 0 Å². The zero-order valence-corrected chi connectivity index (χ0v) is 11.5. The fraction of sp³-hybridized carbons (Fsp3) is 0.812. The molecule has 2 aliphatic carbocycles. The molecule has 18 heavy (non-hydrogen) atoms. The molecule has 2 heteroatoms. The quantitative estimate of drug-likeness (QED) is 0.754. The van der Waals surface area contributed by atoms with Gasteiger partial charge in [-0.05, 0) is 50.4 Å². The summed E-state index contributed by atoms with van der Waals surface area (Å²) in [6.07, 6.45) is 14.2. The van der Waals surface area contributed by atoms with Crippen molar-refractivity contribution >= 4 is 5.97 Å². The SMILES string of the molecule is CC(=CC1CCC(C2CCCCC2)CC1)C(=O)O. The van der Waals surface area contributed by atoms with Crippen LogP contribution in [-0.2, 0) is 4.79 Å². The molecule has 0 heterocycles. The first-order chi connectivity index (χ1) is 8.66. The van der Waals surface area contributed by atoms with E-state index in [0.29, 0.717) is 11.5 Å². The predicted molar refractivity (Wildman–Crippen MR) is 73.4 cm³/mol. The Balaban J connectivity index is 1.80. The van der Waals surface area contributed by atoms with Crippen molar-refractivity contribution in [3.05, 3.63) is 11.6 Å². The molecule has 0 aliphatic heterocycles. The number of hydrogen-bond donors (Lipinski definition) is 1. The molecular formula is C16H26O2. The third-order valence-electron chi connectivity index (χ3n) is 4.96. The van der Waals surface area contributed by atoms with Crippen molar-refractivity contribution in [1.29, 1.82) is 0 Å². The van der Waals surface area contributed by atoms with Gasteiger partial charge in [-0.3, -0.25) is 0 Å². The van der Waals surface area contributed by atoms with Crippen molar-refractivity contribution in [2.24, 2.45) is 17.8 Å². The Morgan fingerprint density at radius 3 is 2.06 bits per heavy atom. The fourth-order valence-corrected chi connectivity index (χ4v) is 3.81. The monoisotopic (exact) mass is 250 g/mol. The topological polar surface area (TPSA) is 37.3 Å². The van der Waals surface area contributed by atoms with Crippen LogP contribution < -0.4 is 0 Å². The summed E-state index contributed by atoms with van der Waals surface area (Å²) in [6.45, 7) is 1.72. The molecule has 2 fully saturated rings. The van der Waals surface area contributed by atoms with Gasteiger partial charge < -0.3 is 5.11 Å². The Morgan fingerprint density at radius 2 is 1.50 bits per heavy atom. The molecule has 1 N–H and O–H groups in total. The third kappa shape index (κ3) is 3.60. The molecule has 0 bridgehead atoms. The number of hydrogen-bond acceptors (Lipinski definition) is 1. The highest BCUT2D eigenvalue weighted by atomic mass is 16.4.